The molecule has 3 heteroatoms. The van der Waals surface area contributed by atoms with Gasteiger partial charge in [0, 0.05) is 15.4 Å². The van der Waals surface area contributed by atoms with Crippen molar-refractivity contribution in [3.05, 3.63) is 20.8 Å². The van der Waals surface area contributed by atoms with Gasteiger partial charge in [0.15, 0.2) is 0 Å². The minimum atomic E-state index is 0.538. The fraction of sp³-hybridized carbons (Fsp3) is 0.692. The summed E-state index contributed by atoms with van der Waals surface area (Å²) in [6, 6.07) is 2.69. The molecule has 1 N–H and O–H groups in total. The highest BCUT2D eigenvalue weighted by Crippen LogP contribution is 2.31. The molecule has 0 aromatic carbocycles. The monoisotopic (exact) mass is 303 g/mol. The maximum atomic E-state index is 3.63. The molecule has 1 heterocycles. The molecule has 1 nitrogen and oxygen atoms in total. The lowest BCUT2D eigenvalue weighted by atomic mass is 10.1. The van der Waals surface area contributed by atoms with Crippen molar-refractivity contribution in [2.45, 2.75) is 52.0 Å². The van der Waals surface area contributed by atoms with Crippen molar-refractivity contribution in [3.8, 4) is 0 Å². The van der Waals surface area contributed by atoms with Gasteiger partial charge < -0.3 is 5.32 Å². The standard InChI is InChI=1S/C13H22BrNS/c1-3-5-6-7-8-12(15-4-2)13-11(14)9-10-16-13/h9-10,12,15H,3-8H2,1-2H3. The summed E-state index contributed by atoms with van der Waals surface area (Å²) in [7, 11) is 0. The third-order valence-corrected chi connectivity index (χ3v) is 4.74. The van der Waals surface area contributed by atoms with Crippen LogP contribution in [0.25, 0.3) is 0 Å². The van der Waals surface area contributed by atoms with E-state index in [1.165, 1.54) is 41.5 Å². The lowest BCUT2D eigenvalue weighted by molar-refractivity contribution is 0.486. The van der Waals surface area contributed by atoms with Crippen molar-refractivity contribution in [1.29, 1.82) is 0 Å². The van der Waals surface area contributed by atoms with Gasteiger partial charge in [-0.25, -0.2) is 0 Å². The second-order valence-electron chi connectivity index (χ2n) is 4.09. The van der Waals surface area contributed by atoms with Gasteiger partial charge in [-0.2, -0.15) is 0 Å². The summed E-state index contributed by atoms with van der Waals surface area (Å²) in [6.07, 6.45) is 6.63. The van der Waals surface area contributed by atoms with Crippen molar-refractivity contribution in [3.63, 3.8) is 0 Å². The normalized spacial score (nSPS) is 12.9. The second-order valence-corrected chi connectivity index (χ2v) is 5.89. The maximum absolute atomic E-state index is 3.63. The summed E-state index contributed by atoms with van der Waals surface area (Å²) in [5, 5.41) is 5.75. The molecule has 1 unspecified atom stereocenters. The Bertz CT molecular complexity index is 285. The third kappa shape index (κ3) is 4.56. The Morgan fingerprint density at radius 3 is 2.69 bits per heavy atom. The minimum Gasteiger partial charge on any atom is -0.309 e. The number of hydrogen-bond donors (Lipinski definition) is 1. The largest absolute Gasteiger partial charge is 0.309 e. The van der Waals surface area contributed by atoms with Crippen molar-refractivity contribution in [2.75, 3.05) is 6.54 Å². The Hall–Kier alpha value is 0.140. The van der Waals surface area contributed by atoms with Crippen LogP contribution in [0, 0.1) is 0 Å². The van der Waals surface area contributed by atoms with Gasteiger partial charge in [-0.05, 0) is 40.3 Å². The van der Waals surface area contributed by atoms with Crippen molar-refractivity contribution in [2.24, 2.45) is 0 Å². The van der Waals surface area contributed by atoms with E-state index in [-0.39, 0.29) is 0 Å². The molecule has 0 fully saturated rings. The molecule has 0 aliphatic heterocycles. The molecular weight excluding hydrogens is 282 g/mol. The number of halogens is 1. The predicted octanol–water partition coefficient (Wildman–Crippen LogP) is 5.13. The predicted molar refractivity (Wildman–Crippen MR) is 77.2 cm³/mol. The number of nitrogens with one attached hydrogen (secondary N) is 1. The van der Waals surface area contributed by atoms with E-state index in [0.717, 1.165) is 6.54 Å². The van der Waals surface area contributed by atoms with Gasteiger partial charge in [0.05, 0.1) is 0 Å². The number of thiophene rings is 1. The highest BCUT2D eigenvalue weighted by Gasteiger charge is 2.14. The van der Waals surface area contributed by atoms with E-state index in [1.807, 2.05) is 11.3 Å². The molecule has 0 saturated heterocycles. The molecule has 1 aromatic heterocycles. The quantitative estimate of drug-likeness (QED) is 0.656. The Morgan fingerprint density at radius 2 is 2.12 bits per heavy atom. The summed E-state index contributed by atoms with van der Waals surface area (Å²) in [5.41, 5.74) is 0. The summed E-state index contributed by atoms with van der Waals surface area (Å²) < 4.78 is 1.26. The topological polar surface area (TPSA) is 12.0 Å². The van der Waals surface area contributed by atoms with E-state index in [0.29, 0.717) is 6.04 Å². The van der Waals surface area contributed by atoms with Gasteiger partial charge in [0.25, 0.3) is 0 Å². The molecule has 1 atom stereocenters. The van der Waals surface area contributed by atoms with Crippen LogP contribution >= 0.6 is 27.3 Å². The lowest BCUT2D eigenvalue weighted by Crippen LogP contribution is -2.20. The zero-order valence-corrected chi connectivity index (χ0v) is 12.7. The first kappa shape index (κ1) is 14.2. The zero-order valence-electron chi connectivity index (χ0n) is 10.3. The Balaban J connectivity index is 2.45. The molecule has 0 radical (unpaired) electrons. The molecule has 0 aliphatic carbocycles. The summed E-state index contributed by atoms with van der Waals surface area (Å²) >= 11 is 5.48. The van der Waals surface area contributed by atoms with Gasteiger partial charge in [0.2, 0.25) is 0 Å². The first-order valence-corrected chi connectivity index (χ1v) is 7.93. The number of unbranched alkanes of at least 4 members (excludes halogenated alkanes) is 3. The average molecular weight is 304 g/mol. The fourth-order valence-corrected chi connectivity index (χ4v) is 3.66. The van der Waals surface area contributed by atoms with Gasteiger partial charge in [-0.3, -0.25) is 0 Å². The van der Waals surface area contributed by atoms with Crippen molar-refractivity contribution in [1.82, 2.24) is 5.32 Å². The Morgan fingerprint density at radius 1 is 1.31 bits per heavy atom. The molecule has 92 valence electrons. The second kappa shape index (κ2) is 8.26. The fourth-order valence-electron chi connectivity index (χ4n) is 1.90. The van der Waals surface area contributed by atoms with Crippen LogP contribution < -0.4 is 5.32 Å². The summed E-state index contributed by atoms with van der Waals surface area (Å²) in [5.74, 6) is 0. The van der Waals surface area contributed by atoms with E-state index in [2.05, 4.69) is 46.5 Å². The lowest BCUT2D eigenvalue weighted by Gasteiger charge is -2.17. The van der Waals surface area contributed by atoms with Crippen LogP contribution in [0.1, 0.15) is 56.9 Å². The van der Waals surface area contributed by atoms with Gasteiger partial charge in [0.1, 0.15) is 0 Å². The van der Waals surface area contributed by atoms with Crippen molar-refractivity contribution >= 4 is 27.3 Å². The van der Waals surface area contributed by atoms with Gasteiger partial charge >= 0.3 is 0 Å². The number of hydrogen-bond acceptors (Lipinski definition) is 2. The van der Waals surface area contributed by atoms with E-state index in [9.17, 15) is 0 Å². The van der Waals surface area contributed by atoms with Crippen LogP contribution in [0.4, 0.5) is 0 Å². The molecule has 0 spiro atoms. The van der Waals surface area contributed by atoms with Crippen LogP contribution in [0.15, 0.2) is 15.9 Å². The van der Waals surface area contributed by atoms with Gasteiger partial charge in [-0.1, -0.05) is 39.5 Å². The molecule has 0 saturated carbocycles. The molecular formula is C13H22BrNS. The first-order chi connectivity index (χ1) is 7.79. The number of rotatable bonds is 8. The first-order valence-electron chi connectivity index (χ1n) is 6.25. The van der Waals surface area contributed by atoms with Crippen molar-refractivity contribution < 1.29 is 0 Å². The molecule has 0 bridgehead atoms. The van der Waals surface area contributed by atoms with Crippen LogP contribution in [-0.4, -0.2) is 6.54 Å². The molecule has 1 rings (SSSR count). The highest BCUT2D eigenvalue weighted by molar-refractivity contribution is 9.10. The van der Waals surface area contributed by atoms with Crippen LogP contribution in [0.5, 0.6) is 0 Å². The smallest absolute Gasteiger partial charge is 0.0426 e. The Labute approximate surface area is 112 Å². The minimum absolute atomic E-state index is 0.538. The summed E-state index contributed by atoms with van der Waals surface area (Å²) in [4.78, 5) is 1.46. The van der Waals surface area contributed by atoms with Crippen LogP contribution in [-0.2, 0) is 0 Å². The van der Waals surface area contributed by atoms with Gasteiger partial charge in [-0.15, -0.1) is 11.3 Å². The van der Waals surface area contributed by atoms with E-state index >= 15 is 0 Å². The molecule has 1 aromatic rings. The Kier molecular flexibility index (Phi) is 7.33. The maximum Gasteiger partial charge on any atom is 0.0426 e. The average Bonchev–Trinajstić information content (AvgIpc) is 2.69. The van der Waals surface area contributed by atoms with Crippen LogP contribution in [0.2, 0.25) is 0 Å². The van der Waals surface area contributed by atoms with Crippen LogP contribution in [0.3, 0.4) is 0 Å². The highest BCUT2D eigenvalue weighted by atomic mass is 79.9. The van der Waals surface area contributed by atoms with E-state index < -0.39 is 0 Å². The molecule has 0 aliphatic rings. The van der Waals surface area contributed by atoms with E-state index in [1.54, 1.807) is 0 Å². The third-order valence-electron chi connectivity index (χ3n) is 2.76. The van der Waals surface area contributed by atoms with E-state index in [4.69, 9.17) is 0 Å². The molecule has 0 amide bonds. The molecule has 16 heavy (non-hydrogen) atoms. The SMILES string of the molecule is CCCCCCC(NCC)c1sccc1Br. The summed E-state index contributed by atoms with van der Waals surface area (Å²) in [6.45, 7) is 5.49. The zero-order chi connectivity index (χ0) is 11.8.